The maximum absolute atomic E-state index is 14.5. The number of piperidine rings is 2. The van der Waals surface area contributed by atoms with Crippen LogP contribution in [0.15, 0.2) is 0 Å². The van der Waals surface area contributed by atoms with Crippen molar-refractivity contribution in [1.82, 2.24) is 9.80 Å². The Labute approximate surface area is 127 Å². The van der Waals surface area contributed by atoms with E-state index in [1.54, 1.807) is 0 Å². The third kappa shape index (κ3) is 4.56. The molecule has 2 unspecified atom stereocenters. The van der Waals surface area contributed by atoms with Gasteiger partial charge in [0.15, 0.2) is 0 Å². The lowest BCUT2D eigenvalue weighted by molar-refractivity contribution is -0.0119. The molecule has 21 heavy (non-hydrogen) atoms. The van der Waals surface area contributed by atoms with Crippen LogP contribution in [0.5, 0.6) is 0 Å². The van der Waals surface area contributed by atoms with Crippen molar-refractivity contribution in [3.05, 3.63) is 0 Å². The molecule has 2 aliphatic heterocycles. The van der Waals surface area contributed by atoms with Crippen molar-refractivity contribution in [3.8, 4) is 0 Å². The minimum absolute atomic E-state index is 0.0357. The molecule has 0 spiro atoms. The van der Waals surface area contributed by atoms with Crippen LogP contribution in [0, 0.1) is 5.92 Å². The Kier molecular flexibility index (Phi) is 5.12. The molecule has 2 aliphatic rings. The SMILES string of the molecule is C[C@@H]1CCCN(C2CCN(C(=O)OC(C)(C)C)CC2F)C1. The lowest BCUT2D eigenvalue weighted by Gasteiger charge is -2.43. The highest BCUT2D eigenvalue weighted by Crippen LogP contribution is 2.26. The Balaban J connectivity index is 1.88. The number of alkyl halides is 1. The second kappa shape index (κ2) is 6.51. The molecule has 0 N–H and O–H groups in total. The van der Waals surface area contributed by atoms with Gasteiger partial charge in [0, 0.05) is 19.1 Å². The molecule has 2 fully saturated rings. The van der Waals surface area contributed by atoms with Gasteiger partial charge in [0.1, 0.15) is 11.8 Å². The fraction of sp³-hybridized carbons (Fsp3) is 0.938. The molecule has 2 rings (SSSR count). The molecule has 0 aromatic carbocycles. The maximum Gasteiger partial charge on any atom is 0.410 e. The first-order chi connectivity index (χ1) is 9.76. The van der Waals surface area contributed by atoms with E-state index in [0.717, 1.165) is 19.5 Å². The monoisotopic (exact) mass is 300 g/mol. The van der Waals surface area contributed by atoms with Crippen molar-refractivity contribution < 1.29 is 13.9 Å². The third-order valence-corrected chi connectivity index (χ3v) is 4.32. The molecule has 0 aliphatic carbocycles. The van der Waals surface area contributed by atoms with Crippen molar-refractivity contribution in [1.29, 1.82) is 0 Å². The average molecular weight is 300 g/mol. The zero-order chi connectivity index (χ0) is 15.6. The number of halogens is 1. The Morgan fingerprint density at radius 1 is 1.19 bits per heavy atom. The average Bonchev–Trinajstić information content (AvgIpc) is 2.36. The summed E-state index contributed by atoms with van der Waals surface area (Å²) in [5, 5.41) is 0. The fourth-order valence-electron chi connectivity index (χ4n) is 3.32. The summed E-state index contributed by atoms with van der Waals surface area (Å²) in [6, 6.07) is -0.0357. The predicted octanol–water partition coefficient (Wildman–Crippen LogP) is 3.07. The fourth-order valence-corrected chi connectivity index (χ4v) is 3.32. The Morgan fingerprint density at radius 2 is 1.90 bits per heavy atom. The van der Waals surface area contributed by atoms with Crippen molar-refractivity contribution in [2.24, 2.45) is 5.92 Å². The summed E-state index contributed by atoms with van der Waals surface area (Å²) in [7, 11) is 0. The topological polar surface area (TPSA) is 32.8 Å². The number of nitrogens with zero attached hydrogens (tertiary/aromatic N) is 2. The summed E-state index contributed by atoms with van der Waals surface area (Å²) in [4.78, 5) is 15.8. The Bertz CT molecular complexity index is 370. The van der Waals surface area contributed by atoms with Gasteiger partial charge in [-0.15, -0.1) is 0 Å². The number of rotatable bonds is 1. The van der Waals surface area contributed by atoms with E-state index in [4.69, 9.17) is 4.74 Å². The van der Waals surface area contributed by atoms with Gasteiger partial charge < -0.3 is 9.64 Å². The van der Waals surface area contributed by atoms with Gasteiger partial charge in [-0.3, -0.25) is 4.90 Å². The Morgan fingerprint density at radius 3 is 2.48 bits per heavy atom. The van der Waals surface area contributed by atoms with Gasteiger partial charge in [0.25, 0.3) is 0 Å². The number of carbonyl (C=O) groups excluding carboxylic acids is 1. The third-order valence-electron chi connectivity index (χ3n) is 4.32. The molecule has 2 heterocycles. The molecule has 0 radical (unpaired) electrons. The zero-order valence-electron chi connectivity index (χ0n) is 13.8. The van der Waals surface area contributed by atoms with Gasteiger partial charge in [-0.05, 0) is 52.5 Å². The first kappa shape index (κ1) is 16.5. The molecule has 0 aromatic heterocycles. The number of amides is 1. The standard InChI is InChI=1S/C16H29FN2O2/c1-12-6-5-8-18(10-12)14-7-9-19(11-13(14)17)15(20)21-16(2,3)4/h12-14H,5-11H2,1-4H3/t12-,13?,14?/m1/s1. The lowest BCUT2D eigenvalue weighted by atomic mass is 9.94. The van der Waals surface area contributed by atoms with Crippen LogP contribution in [-0.2, 0) is 4.74 Å². The second-order valence-corrected chi connectivity index (χ2v) is 7.54. The van der Waals surface area contributed by atoms with E-state index in [1.807, 2.05) is 20.8 Å². The van der Waals surface area contributed by atoms with Gasteiger partial charge in [0.2, 0.25) is 0 Å². The van der Waals surface area contributed by atoms with E-state index in [2.05, 4.69) is 11.8 Å². The highest BCUT2D eigenvalue weighted by atomic mass is 19.1. The Hall–Kier alpha value is -0.840. The molecule has 122 valence electrons. The van der Waals surface area contributed by atoms with Crippen molar-refractivity contribution in [3.63, 3.8) is 0 Å². The highest BCUT2D eigenvalue weighted by Gasteiger charge is 2.37. The summed E-state index contributed by atoms with van der Waals surface area (Å²) >= 11 is 0. The van der Waals surface area contributed by atoms with Crippen LogP contribution in [0.3, 0.4) is 0 Å². The van der Waals surface area contributed by atoms with E-state index in [-0.39, 0.29) is 12.6 Å². The van der Waals surface area contributed by atoms with Gasteiger partial charge in [-0.1, -0.05) is 6.92 Å². The lowest BCUT2D eigenvalue weighted by Crippen LogP contribution is -2.56. The van der Waals surface area contributed by atoms with Crippen molar-refractivity contribution in [2.45, 2.75) is 64.8 Å². The molecule has 1 amide bonds. The molecule has 0 saturated carbocycles. The number of hydrogen-bond donors (Lipinski definition) is 0. The van der Waals surface area contributed by atoms with Gasteiger partial charge in [-0.25, -0.2) is 9.18 Å². The van der Waals surface area contributed by atoms with E-state index >= 15 is 0 Å². The highest BCUT2D eigenvalue weighted by molar-refractivity contribution is 5.68. The molecule has 3 atom stereocenters. The largest absolute Gasteiger partial charge is 0.444 e. The minimum atomic E-state index is -0.975. The number of ether oxygens (including phenoxy) is 1. The summed E-state index contributed by atoms with van der Waals surface area (Å²) in [5.41, 5.74) is -0.526. The molecular formula is C16H29FN2O2. The van der Waals surface area contributed by atoms with Crippen LogP contribution in [0.25, 0.3) is 0 Å². The van der Waals surface area contributed by atoms with E-state index in [9.17, 15) is 9.18 Å². The van der Waals surface area contributed by atoms with Crippen molar-refractivity contribution in [2.75, 3.05) is 26.2 Å². The van der Waals surface area contributed by atoms with Crippen LogP contribution < -0.4 is 0 Å². The molecular weight excluding hydrogens is 271 g/mol. The van der Waals surface area contributed by atoms with Crippen LogP contribution in [0.4, 0.5) is 9.18 Å². The summed E-state index contributed by atoms with van der Waals surface area (Å²) in [6.45, 7) is 10.4. The van der Waals surface area contributed by atoms with Crippen LogP contribution in [0.1, 0.15) is 47.0 Å². The van der Waals surface area contributed by atoms with E-state index in [0.29, 0.717) is 18.9 Å². The van der Waals surface area contributed by atoms with Gasteiger partial charge in [0.05, 0.1) is 6.54 Å². The minimum Gasteiger partial charge on any atom is -0.444 e. The smallest absolute Gasteiger partial charge is 0.410 e. The molecule has 0 aromatic rings. The first-order valence-corrected chi connectivity index (χ1v) is 8.12. The molecule has 2 saturated heterocycles. The van der Waals surface area contributed by atoms with Gasteiger partial charge in [-0.2, -0.15) is 0 Å². The van der Waals surface area contributed by atoms with Crippen LogP contribution in [0.2, 0.25) is 0 Å². The van der Waals surface area contributed by atoms with Crippen LogP contribution >= 0.6 is 0 Å². The maximum atomic E-state index is 14.5. The quantitative estimate of drug-likeness (QED) is 0.746. The molecule has 0 bridgehead atoms. The normalized spacial score (nSPS) is 32.0. The zero-order valence-corrected chi connectivity index (χ0v) is 13.8. The summed E-state index contributed by atoms with van der Waals surface area (Å²) < 4.78 is 19.8. The van der Waals surface area contributed by atoms with Gasteiger partial charge >= 0.3 is 6.09 Å². The molecule has 4 nitrogen and oxygen atoms in total. The number of carbonyl (C=O) groups is 1. The summed E-state index contributed by atoms with van der Waals surface area (Å²) in [6.07, 6.45) is 1.73. The first-order valence-electron chi connectivity index (χ1n) is 8.12. The number of likely N-dealkylation sites (tertiary alicyclic amines) is 2. The predicted molar refractivity (Wildman–Crippen MR) is 81.1 cm³/mol. The number of hydrogen-bond acceptors (Lipinski definition) is 3. The van der Waals surface area contributed by atoms with Crippen LogP contribution in [-0.4, -0.2) is 59.9 Å². The van der Waals surface area contributed by atoms with Crippen molar-refractivity contribution >= 4 is 6.09 Å². The van der Waals surface area contributed by atoms with E-state index < -0.39 is 17.9 Å². The summed E-state index contributed by atoms with van der Waals surface area (Å²) in [5.74, 6) is 0.648. The second-order valence-electron chi connectivity index (χ2n) is 7.54. The van der Waals surface area contributed by atoms with E-state index in [1.165, 1.54) is 11.3 Å². The molecule has 5 heteroatoms.